The lowest BCUT2D eigenvalue weighted by Gasteiger charge is -2.23. The third-order valence-corrected chi connectivity index (χ3v) is 2.65. The zero-order valence-corrected chi connectivity index (χ0v) is 10.6. The molecule has 15 heavy (non-hydrogen) atoms. The van der Waals surface area contributed by atoms with Crippen molar-refractivity contribution in [3.8, 4) is 0 Å². The summed E-state index contributed by atoms with van der Waals surface area (Å²) in [4.78, 5) is 13.5. The third-order valence-electron chi connectivity index (χ3n) is 2.65. The molecule has 3 nitrogen and oxygen atoms in total. The predicted molar refractivity (Wildman–Crippen MR) is 62.8 cm³/mol. The number of hydrogen-bond donors (Lipinski definition) is 0. The Labute approximate surface area is 93.8 Å². The molecule has 0 bridgehead atoms. The Morgan fingerprint density at radius 1 is 1.33 bits per heavy atom. The standard InChI is InChI=1S/C12H25NO2/c1-5-11(4)10-13(6-2)9-8-12(14)15-7-3/h11H,5-10H2,1-4H3. The number of hydrogen-bond acceptors (Lipinski definition) is 3. The van der Waals surface area contributed by atoms with Gasteiger partial charge >= 0.3 is 5.97 Å². The molecule has 0 spiro atoms. The van der Waals surface area contributed by atoms with E-state index in [0.29, 0.717) is 18.9 Å². The summed E-state index contributed by atoms with van der Waals surface area (Å²) in [6.07, 6.45) is 1.70. The highest BCUT2D eigenvalue weighted by atomic mass is 16.5. The van der Waals surface area contributed by atoms with Crippen LogP contribution in [0.3, 0.4) is 0 Å². The lowest BCUT2D eigenvalue weighted by molar-refractivity contribution is -0.143. The second-order valence-electron chi connectivity index (χ2n) is 3.96. The van der Waals surface area contributed by atoms with Gasteiger partial charge in [-0.1, -0.05) is 27.2 Å². The Bertz CT molecular complexity index is 171. The van der Waals surface area contributed by atoms with Gasteiger partial charge in [-0.25, -0.2) is 0 Å². The van der Waals surface area contributed by atoms with Crippen molar-refractivity contribution in [1.29, 1.82) is 0 Å². The number of nitrogens with zero attached hydrogens (tertiary/aromatic N) is 1. The van der Waals surface area contributed by atoms with Gasteiger partial charge in [0.25, 0.3) is 0 Å². The summed E-state index contributed by atoms with van der Waals surface area (Å²) in [5.41, 5.74) is 0. The molecule has 0 amide bonds. The van der Waals surface area contributed by atoms with Crippen molar-refractivity contribution in [3.63, 3.8) is 0 Å². The number of rotatable bonds is 8. The average molecular weight is 215 g/mol. The first-order chi connectivity index (χ1) is 7.13. The first-order valence-corrected chi connectivity index (χ1v) is 6.01. The molecule has 0 radical (unpaired) electrons. The van der Waals surface area contributed by atoms with E-state index in [4.69, 9.17) is 4.74 Å². The minimum atomic E-state index is -0.0832. The number of esters is 1. The molecule has 0 rings (SSSR count). The molecule has 0 aromatic rings. The first kappa shape index (κ1) is 14.4. The maximum absolute atomic E-state index is 11.2. The van der Waals surface area contributed by atoms with E-state index in [1.165, 1.54) is 6.42 Å². The fourth-order valence-corrected chi connectivity index (χ4v) is 1.43. The number of carbonyl (C=O) groups is 1. The van der Waals surface area contributed by atoms with E-state index in [2.05, 4.69) is 25.7 Å². The number of carbonyl (C=O) groups excluding carboxylic acids is 1. The quantitative estimate of drug-likeness (QED) is 0.582. The van der Waals surface area contributed by atoms with Crippen LogP contribution in [0.1, 0.15) is 40.5 Å². The molecular weight excluding hydrogens is 190 g/mol. The van der Waals surface area contributed by atoms with Crippen molar-refractivity contribution in [2.75, 3.05) is 26.2 Å². The van der Waals surface area contributed by atoms with Gasteiger partial charge < -0.3 is 9.64 Å². The maximum Gasteiger partial charge on any atom is 0.307 e. The lowest BCUT2D eigenvalue weighted by Crippen LogP contribution is -2.30. The second kappa shape index (κ2) is 8.72. The average Bonchev–Trinajstić information content (AvgIpc) is 2.24. The Balaban J connectivity index is 3.74. The van der Waals surface area contributed by atoms with Crippen molar-refractivity contribution in [3.05, 3.63) is 0 Å². The molecule has 0 aliphatic carbocycles. The predicted octanol–water partition coefficient (Wildman–Crippen LogP) is 2.31. The summed E-state index contributed by atoms with van der Waals surface area (Å²) in [5.74, 6) is 0.618. The molecule has 0 aliphatic heterocycles. The van der Waals surface area contributed by atoms with E-state index in [1.807, 2.05) is 6.92 Å². The highest BCUT2D eigenvalue weighted by Gasteiger charge is 2.09. The van der Waals surface area contributed by atoms with Gasteiger partial charge in [-0.15, -0.1) is 0 Å². The molecule has 0 N–H and O–H groups in total. The normalized spacial score (nSPS) is 12.9. The van der Waals surface area contributed by atoms with Gasteiger partial charge in [-0.3, -0.25) is 4.79 Å². The minimum absolute atomic E-state index is 0.0832. The topological polar surface area (TPSA) is 29.5 Å². The molecule has 0 aliphatic rings. The van der Waals surface area contributed by atoms with Crippen LogP contribution in [0.2, 0.25) is 0 Å². The summed E-state index contributed by atoms with van der Waals surface area (Å²) < 4.78 is 4.90. The van der Waals surface area contributed by atoms with Crippen molar-refractivity contribution < 1.29 is 9.53 Å². The van der Waals surface area contributed by atoms with Gasteiger partial charge in [0, 0.05) is 13.1 Å². The zero-order valence-electron chi connectivity index (χ0n) is 10.6. The molecular formula is C12H25NO2. The van der Waals surface area contributed by atoms with Crippen molar-refractivity contribution in [2.45, 2.75) is 40.5 Å². The molecule has 0 aromatic heterocycles. The highest BCUT2D eigenvalue weighted by Crippen LogP contribution is 2.04. The summed E-state index contributed by atoms with van der Waals surface area (Å²) in [6.45, 7) is 11.8. The van der Waals surface area contributed by atoms with Gasteiger partial charge in [0.1, 0.15) is 0 Å². The van der Waals surface area contributed by atoms with Gasteiger partial charge in [0.2, 0.25) is 0 Å². The van der Waals surface area contributed by atoms with Crippen LogP contribution in [0.15, 0.2) is 0 Å². The summed E-state index contributed by atoms with van der Waals surface area (Å²) >= 11 is 0. The van der Waals surface area contributed by atoms with E-state index in [-0.39, 0.29) is 5.97 Å². The van der Waals surface area contributed by atoms with Crippen LogP contribution in [0.5, 0.6) is 0 Å². The summed E-state index contributed by atoms with van der Waals surface area (Å²) in [6, 6.07) is 0. The van der Waals surface area contributed by atoms with Crippen LogP contribution >= 0.6 is 0 Å². The van der Waals surface area contributed by atoms with Crippen molar-refractivity contribution >= 4 is 5.97 Å². The molecule has 0 fully saturated rings. The largest absolute Gasteiger partial charge is 0.466 e. The Morgan fingerprint density at radius 3 is 2.47 bits per heavy atom. The SMILES string of the molecule is CCOC(=O)CCN(CC)CC(C)CC. The molecule has 0 saturated heterocycles. The minimum Gasteiger partial charge on any atom is -0.466 e. The Kier molecular flexibility index (Phi) is 8.38. The summed E-state index contributed by atoms with van der Waals surface area (Å²) in [5, 5.41) is 0. The molecule has 0 saturated carbocycles. The van der Waals surface area contributed by atoms with E-state index in [0.717, 1.165) is 19.6 Å². The molecule has 1 unspecified atom stereocenters. The van der Waals surface area contributed by atoms with Gasteiger partial charge in [-0.05, 0) is 19.4 Å². The van der Waals surface area contributed by atoms with Crippen LogP contribution in [-0.4, -0.2) is 37.1 Å². The lowest BCUT2D eigenvalue weighted by atomic mass is 10.1. The van der Waals surface area contributed by atoms with Gasteiger partial charge in [-0.2, -0.15) is 0 Å². The monoisotopic (exact) mass is 215 g/mol. The van der Waals surface area contributed by atoms with Crippen LogP contribution in [0.4, 0.5) is 0 Å². The highest BCUT2D eigenvalue weighted by molar-refractivity contribution is 5.69. The summed E-state index contributed by atoms with van der Waals surface area (Å²) in [7, 11) is 0. The molecule has 0 aromatic carbocycles. The third kappa shape index (κ3) is 7.37. The fraction of sp³-hybridized carbons (Fsp3) is 0.917. The Hall–Kier alpha value is -0.570. The molecule has 1 atom stereocenters. The number of ether oxygens (including phenoxy) is 1. The van der Waals surface area contributed by atoms with Crippen molar-refractivity contribution in [1.82, 2.24) is 4.90 Å². The molecule has 0 heterocycles. The molecule has 3 heteroatoms. The van der Waals surface area contributed by atoms with E-state index >= 15 is 0 Å². The maximum atomic E-state index is 11.2. The fourth-order valence-electron chi connectivity index (χ4n) is 1.43. The zero-order chi connectivity index (χ0) is 11.7. The van der Waals surface area contributed by atoms with E-state index in [1.54, 1.807) is 0 Å². The Morgan fingerprint density at radius 2 is 2.00 bits per heavy atom. The van der Waals surface area contributed by atoms with Crippen LogP contribution in [0, 0.1) is 5.92 Å². The van der Waals surface area contributed by atoms with E-state index in [9.17, 15) is 4.79 Å². The van der Waals surface area contributed by atoms with E-state index < -0.39 is 0 Å². The van der Waals surface area contributed by atoms with Crippen LogP contribution in [-0.2, 0) is 9.53 Å². The molecule has 90 valence electrons. The van der Waals surface area contributed by atoms with Crippen LogP contribution in [0.25, 0.3) is 0 Å². The smallest absolute Gasteiger partial charge is 0.307 e. The van der Waals surface area contributed by atoms with Gasteiger partial charge in [0.15, 0.2) is 0 Å². The second-order valence-corrected chi connectivity index (χ2v) is 3.96. The van der Waals surface area contributed by atoms with Crippen molar-refractivity contribution in [2.24, 2.45) is 5.92 Å². The first-order valence-electron chi connectivity index (χ1n) is 6.01. The van der Waals surface area contributed by atoms with Gasteiger partial charge in [0.05, 0.1) is 13.0 Å². The van der Waals surface area contributed by atoms with Crippen LogP contribution < -0.4 is 0 Å².